The van der Waals surface area contributed by atoms with Crippen LogP contribution in [-0.4, -0.2) is 17.7 Å². The summed E-state index contributed by atoms with van der Waals surface area (Å²) in [5.41, 5.74) is 7.98. The van der Waals surface area contributed by atoms with Crippen LogP contribution in [0.5, 0.6) is 0 Å². The van der Waals surface area contributed by atoms with Crippen molar-refractivity contribution in [2.75, 3.05) is 5.32 Å². The standard InChI is InChI=1S/C23H20ClN3O3/c1-15-3-2-4-18(13-15)22(29)25-20-11-7-17(8-12-20)23(30)27-26-21(28)14-16-5-9-19(24)10-6-16/h2-13H,14H2,1H3,(H,25,29)(H,26,28)(H,27,30). The molecule has 3 N–H and O–H groups in total. The highest BCUT2D eigenvalue weighted by Gasteiger charge is 2.10. The Hall–Kier alpha value is -3.64. The van der Waals surface area contributed by atoms with E-state index in [1.165, 1.54) is 0 Å². The van der Waals surface area contributed by atoms with Gasteiger partial charge in [-0.15, -0.1) is 0 Å². The van der Waals surface area contributed by atoms with Crippen molar-refractivity contribution in [3.63, 3.8) is 0 Å². The number of anilines is 1. The number of aryl methyl sites for hydroxylation is 1. The second-order valence-electron chi connectivity index (χ2n) is 6.71. The summed E-state index contributed by atoms with van der Waals surface area (Å²) in [7, 11) is 0. The van der Waals surface area contributed by atoms with E-state index in [-0.39, 0.29) is 18.2 Å². The van der Waals surface area contributed by atoms with Crippen molar-refractivity contribution in [2.24, 2.45) is 0 Å². The number of carbonyl (C=O) groups is 3. The fourth-order valence-electron chi connectivity index (χ4n) is 2.72. The average molecular weight is 422 g/mol. The number of hydrazine groups is 1. The van der Waals surface area contributed by atoms with E-state index in [4.69, 9.17) is 11.6 Å². The largest absolute Gasteiger partial charge is 0.322 e. The highest BCUT2D eigenvalue weighted by Crippen LogP contribution is 2.13. The Bertz CT molecular complexity index is 1060. The number of nitrogens with one attached hydrogen (secondary N) is 3. The predicted octanol–water partition coefficient (Wildman–Crippen LogP) is 3.90. The minimum Gasteiger partial charge on any atom is -0.322 e. The molecule has 3 aromatic carbocycles. The Balaban J connectivity index is 1.51. The van der Waals surface area contributed by atoms with E-state index < -0.39 is 5.91 Å². The van der Waals surface area contributed by atoms with Crippen LogP contribution >= 0.6 is 11.6 Å². The van der Waals surface area contributed by atoms with Crippen LogP contribution in [0.3, 0.4) is 0 Å². The van der Waals surface area contributed by atoms with Gasteiger partial charge in [0.2, 0.25) is 5.91 Å². The average Bonchev–Trinajstić information content (AvgIpc) is 2.74. The molecule has 0 fully saturated rings. The smallest absolute Gasteiger partial charge is 0.269 e. The minimum absolute atomic E-state index is 0.112. The van der Waals surface area contributed by atoms with Crippen LogP contribution in [0, 0.1) is 6.92 Å². The molecule has 7 heteroatoms. The molecule has 0 bridgehead atoms. The molecule has 0 atom stereocenters. The fourth-order valence-corrected chi connectivity index (χ4v) is 2.85. The highest BCUT2D eigenvalue weighted by molar-refractivity contribution is 6.30. The normalized spacial score (nSPS) is 10.2. The van der Waals surface area contributed by atoms with Gasteiger partial charge in [0.05, 0.1) is 6.42 Å². The monoisotopic (exact) mass is 421 g/mol. The zero-order valence-electron chi connectivity index (χ0n) is 16.2. The molecule has 6 nitrogen and oxygen atoms in total. The molecule has 0 spiro atoms. The molecule has 0 aromatic heterocycles. The summed E-state index contributed by atoms with van der Waals surface area (Å²) in [5.74, 6) is -1.05. The van der Waals surface area contributed by atoms with Gasteiger partial charge in [0.15, 0.2) is 0 Å². The summed E-state index contributed by atoms with van der Waals surface area (Å²) in [6, 6.07) is 20.5. The van der Waals surface area contributed by atoms with Gasteiger partial charge in [0.25, 0.3) is 11.8 Å². The Morgan fingerprint density at radius 3 is 2.17 bits per heavy atom. The number of halogens is 1. The molecular weight excluding hydrogens is 402 g/mol. The van der Waals surface area contributed by atoms with Crippen molar-refractivity contribution < 1.29 is 14.4 Å². The number of hydrogen-bond acceptors (Lipinski definition) is 3. The van der Waals surface area contributed by atoms with Gasteiger partial charge in [-0.1, -0.05) is 41.4 Å². The topological polar surface area (TPSA) is 87.3 Å². The number of hydrogen-bond donors (Lipinski definition) is 3. The van der Waals surface area contributed by atoms with Crippen molar-refractivity contribution in [1.29, 1.82) is 0 Å². The zero-order valence-corrected chi connectivity index (χ0v) is 17.0. The number of carbonyl (C=O) groups excluding carboxylic acids is 3. The van der Waals surface area contributed by atoms with E-state index in [0.29, 0.717) is 21.8 Å². The van der Waals surface area contributed by atoms with E-state index in [1.807, 2.05) is 19.1 Å². The van der Waals surface area contributed by atoms with Crippen LogP contribution in [-0.2, 0) is 11.2 Å². The van der Waals surface area contributed by atoms with Gasteiger partial charge in [-0.05, 0) is 61.0 Å². The molecule has 3 aromatic rings. The third-order valence-electron chi connectivity index (χ3n) is 4.28. The van der Waals surface area contributed by atoms with Crippen LogP contribution in [0.15, 0.2) is 72.8 Å². The Morgan fingerprint density at radius 2 is 1.50 bits per heavy atom. The van der Waals surface area contributed by atoms with Crippen LogP contribution < -0.4 is 16.2 Å². The summed E-state index contributed by atoms with van der Waals surface area (Å²) in [5, 5.41) is 3.37. The van der Waals surface area contributed by atoms with E-state index in [0.717, 1.165) is 11.1 Å². The van der Waals surface area contributed by atoms with E-state index in [9.17, 15) is 14.4 Å². The molecule has 0 radical (unpaired) electrons. The summed E-state index contributed by atoms with van der Waals surface area (Å²) < 4.78 is 0. The van der Waals surface area contributed by atoms with E-state index in [2.05, 4.69) is 16.2 Å². The fraction of sp³-hybridized carbons (Fsp3) is 0.0870. The lowest BCUT2D eigenvalue weighted by molar-refractivity contribution is -0.121. The first-order valence-corrected chi connectivity index (χ1v) is 9.60. The molecule has 0 saturated heterocycles. The lowest BCUT2D eigenvalue weighted by Crippen LogP contribution is -2.42. The van der Waals surface area contributed by atoms with Gasteiger partial charge in [-0.3, -0.25) is 25.2 Å². The minimum atomic E-state index is -0.462. The van der Waals surface area contributed by atoms with E-state index >= 15 is 0 Å². The van der Waals surface area contributed by atoms with Crippen molar-refractivity contribution in [1.82, 2.24) is 10.9 Å². The quantitative estimate of drug-likeness (QED) is 0.546. The van der Waals surface area contributed by atoms with Crippen LogP contribution in [0.2, 0.25) is 5.02 Å². The summed E-state index contributed by atoms with van der Waals surface area (Å²) in [4.78, 5) is 36.5. The third-order valence-corrected chi connectivity index (χ3v) is 4.53. The van der Waals surface area contributed by atoms with Crippen LogP contribution in [0.25, 0.3) is 0 Å². The molecule has 0 saturated carbocycles. The van der Waals surface area contributed by atoms with Gasteiger partial charge in [0, 0.05) is 21.8 Å². The molecule has 152 valence electrons. The van der Waals surface area contributed by atoms with Crippen molar-refractivity contribution in [3.8, 4) is 0 Å². The molecular formula is C23H20ClN3O3. The number of rotatable bonds is 5. The van der Waals surface area contributed by atoms with Gasteiger partial charge in [-0.25, -0.2) is 0 Å². The molecule has 0 aliphatic rings. The molecule has 3 amide bonds. The number of amides is 3. The van der Waals surface area contributed by atoms with Crippen LogP contribution in [0.1, 0.15) is 31.8 Å². The lowest BCUT2D eigenvalue weighted by atomic mass is 10.1. The van der Waals surface area contributed by atoms with Crippen molar-refractivity contribution in [3.05, 3.63) is 100 Å². The molecule has 0 aliphatic carbocycles. The van der Waals surface area contributed by atoms with Crippen molar-refractivity contribution >= 4 is 35.0 Å². The molecule has 0 unspecified atom stereocenters. The molecule has 0 aliphatic heterocycles. The Labute approximate surface area is 179 Å². The molecule has 3 rings (SSSR count). The first-order chi connectivity index (χ1) is 14.4. The van der Waals surface area contributed by atoms with Gasteiger partial charge in [0.1, 0.15) is 0 Å². The number of benzene rings is 3. The maximum absolute atomic E-state index is 12.3. The maximum atomic E-state index is 12.3. The van der Waals surface area contributed by atoms with Gasteiger partial charge >= 0.3 is 0 Å². The summed E-state index contributed by atoms with van der Waals surface area (Å²) in [6.07, 6.45) is 0.112. The second-order valence-corrected chi connectivity index (χ2v) is 7.14. The Morgan fingerprint density at radius 1 is 0.800 bits per heavy atom. The second kappa shape index (κ2) is 9.71. The predicted molar refractivity (Wildman–Crippen MR) is 116 cm³/mol. The van der Waals surface area contributed by atoms with Crippen LogP contribution in [0.4, 0.5) is 5.69 Å². The third kappa shape index (κ3) is 5.93. The SMILES string of the molecule is Cc1cccc(C(=O)Nc2ccc(C(=O)NNC(=O)Cc3ccc(Cl)cc3)cc2)c1. The summed E-state index contributed by atoms with van der Waals surface area (Å²) in [6.45, 7) is 1.92. The highest BCUT2D eigenvalue weighted by atomic mass is 35.5. The first-order valence-electron chi connectivity index (χ1n) is 9.22. The molecule has 30 heavy (non-hydrogen) atoms. The van der Waals surface area contributed by atoms with E-state index in [1.54, 1.807) is 60.7 Å². The first kappa shape index (κ1) is 21.1. The Kier molecular flexibility index (Phi) is 6.83. The zero-order chi connectivity index (χ0) is 21.5. The lowest BCUT2D eigenvalue weighted by Gasteiger charge is -2.09. The van der Waals surface area contributed by atoms with Gasteiger partial charge in [-0.2, -0.15) is 0 Å². The van der Waals surface area contributed by atoms with Crippen molar-refractivity contribution in [2.45, 2.75) is 13.3 Å². The maximum Gasteiger partial charge on any atom is 0.269 e. The molecule has 0 heterocycles. The van der Waals surface area contributed by atoms with Gasteiger partial charge < -0.3 is 5.32 Å². The summed E-state index contributed by atoms with van der Waals surface area (Å²) >= 11 is 5.81.